The molecule has 0 aliphatic heterocycles. The lowest BCUT2D eigenvalue weighted by Gasteiger charge is -2.12. The summed E-state index contributed by atoms with van der Waals surface area (Å²) in [5, 5.41) is 11.5. The third-order valence-corrected chi connectivity index (χ3v) is 4.26. The van der Waals surface area contributed by atoms with Crippen molar-refractivity contribution in [2.75, 3.05) is 0 Å². The molecule has 0 spiro atoms. The number of H-pyrrole nitrogens is 1. The second-order valence-electron chi connectivity index (χ2n) is 5.32. The molecule has 0 atom stereocenters. The van der Waals surface area contributed by atoms with Crippen LogP contribution in [0.15, 0.2) is 30.6 Å². The molecule has 1 amide bonds. The average Bonchev–Trinajstić information content (AvgIpc) is 3.09. The van der Waals surface area contributed by atoms with E-state index < -0.39 is 11.7 Å². The number of nitrogens with one attached hydrogen (secondary N) is 2. The van der Waals surface area contributed by atoms with E-state index in [0.717, 1.165) is 0 Å². The van der Waals surface area contributed by atoms with Crippen LogP contribution in [-0.4, -0.2) is 20.9 Å². The molecule has 0 fully saturated rings. The van der Waals surface area contributed by atoms with Crippen molar-refractivity contribution in [3.05, 3.63) is 68.7 Å². The standard InChI is InChI=1S/C17H9Cl3FN5O2/c18-11-2-1-8(6-23-17(27)14-16(20)25-7-24-14)13(21)15(11)28-10-3-9(5-22)26-12(19)4-10/h1-4,7H,6H2,(H,23,27)(H,24,25). The second-order valence-corrected chi connectivity index (χ2v) is 6.49. The first kappa shape index (κ1) is 19.9. The lowest BCUT2D eigenvalue weighted by Crippen LogP contribution is -2.24. The number of halogens is 4. The first-order valence-electron chi connectivity index (χ1n) is 7.58. The summed E-state index contributed by atoms with van der Waals surface area (Å²) in [6.07, 6.45) is 1.27. The molecule has 0 unspecified atom stereocenters. The first-order valence-corrected chi connectivity index (χ1v) is 8.72. The van der Waals surface area contributed by atoms with Crippen molar-refractivity contribution >= 4 is 40.7 Å². The van der Waals surface area contributed by atoms with Crippen LogP contribution in [0.1, 0.15) is 21.7 Å². The molecule has 0 radical (unpaired) electrons. The average molecular weight is 441 g/mol. The fourth-order valence-corrected chi connectivity index (χ4v) is 2.77. The first-order chi connectivity index (χ1) is 13.4. The highest BCUT2D eigenvalue weighted by atomic mass is 35.5. The van der Waals surface area contributed by atoms with E-state index in [2.05, 4.69) is 20.3 Å². The van der Waals surface area contributed by atoms with Crippen molar-refractivity contribution in [1.82, 2.24) is 20.3 Å². The normalized spacial score (nSPS) is 10.4. The summed E-state index contributed by atoms with van der Waals surface area (Å²) in [4.78, 5) is 22.2. The van der Waals surface area contributed by atoms with Crippen LogP contribution in [-0.2, 0) is 6.54 Å². The Labute approximate surface area is 173 Å². The second kappa shape index (κ2) is 8.44. The zero-order valence-corrected chi connectivity index (χ0v) is 16.0. The monoisotopic (exact) mass is 439 g/mol. The molecule has 0 saturated carbocycles. The molecule has 28 heavy (non-hydrogen) atoms. The van der Waals surface area contributed by atoms with Gasteiger partial charge in [-0.2, -0.15) is 5.26 Å². The fraction of sp³-hybridized carbons (Fsp3) is 0.0588. The minimum atomic E-state index is -0.785. The zero-order valence-electron chi connectivity index (χ0n) is 13.8. The molecule has 3 rings (SSSR count). The van der Waals surface area contributed by atoms with Crippen LogP contribution in [0.3, 0.4) is 0 Å². The van der Waals surface area contributed by atoms with Gasteiger partial charge in [0.15, 0.2) is 17.3 Å². The number of aromatic nitrogens is 3. The van der Waals surface area contributed by atoms with Gasteiger partial charge in [0.05, 0.1) is 11.3 Å². The van der Waals surface area contributed by atoms with Gasteiger partial charge in [-0.05, 0) is 6.07 Å². The van der Waals surface area contributed by atoms with Crippen LogP contribution in [0.2, 0.25) is 15.3 Å². The summed E-state index contributed by atoms with van der Waals surface area (Å²) in [7, 11) is 0. The molecule has 0 aliphatic rings. The Kier molecular flexibility index (Phi) is 5.99. The SMILES string of the molecule is N#Cc1cc(Oc2c(Cl)ccc(CNC(=O)c3nc[nH]c3Cl)c2F)cc(Cl)n1. The van der Waals surface area contributed by atoms with Gasteiger partial charge in [0, 0.05) is 24.2 Å². The summed E-state index contributed by atoms with van der Waals surface area (Å²) >= 11 is 17.6. The maximum Gasteiger partial charge on any atom is 0.273 e. The van der Waals surface area contributed by atoms with Crippen molar-refractivity contribution in [1.29, 1.82) is 5.26 Å². The van der Waals surface area contributed by atoms with Gasteiger partial charge in [0.1, 0.15) is 27.8 Å². The molecular weight excluding hydrogens is 432 g/mol. The summed E-state index contributed by atoms with van der Waals surface area (Å²) < 4.78 is 20.3. The number of benzene rings is 1. The molecule has 2 aromatic heterocycles. The van der Waals surface area contributed by atoms with E-state index in [1.54, 1.807) is 0 Å². The number of nitrogens with zero attached hydrogens (tertiary/aromatic N) is 3. The van der Waals surface area contributed by atoms with E-state index in [1.165, 1.54) is 30.6 Å². The Bertz CT molecular complexity index is 1100. The zero-order chi connectivity index (χ0) is 20.3. The van der Waals surface area contributed by atoms with E-state index in [0.29, 0.717) is 0 Å². The van der Waals surface area contributed by atoms with Crippen LogP contribution in [0.5, 0.6) is 11.5 Å². The van der Waals surface area contributed by atoms with E-state index in [9.17, 15) is 9.18 Å². The molecule has 0 aliphatic carbocycles. The number of nitriles is 1. The molecule has 142 valence electrons. The van der Waals surface area contributed by atoms with Crippen molar-refractivity contribution in [2.45, 2.75) is 6.54 Å². The summed E-state index contributed by atoms with van der Waals surface area (Å²) in [5.41, 5.74) is 0.0985. The summed E-state index contributed by atoms with van der Waals surface area (Å²) in [6, 6.07) is 7.23. The largest absolute Gasteiger partial charge is 0.452 e. The van der Waals surface area contributed by atoms with Crippen molar-refractivity contribution in [2.24, 2.45) is 0 Å². The maximum atomic E-state index is 14.9. The predicted molar refractivity (Wildman–Crippen MR) is 100 cm³/mol. The van der Waals surface area contributed by atoms with Crippen molar-refractivity contribution in [3.8, 4) is 17.6 Å². The number of hydrogen-bond donors (Lipinski definition) is 2. The predicted octanol–water partition coefficient (Wildman–Crippen LogP) is 4.50. The van der Waals surface area contributed by atoms with Crippen LogP contribution in [0, 0.1) is 17.1 Å². The number of carbonyl (C=O) groups is 1. The van der Waals surface area contributed by atoms with Gasteiger partial charge in [-0.15, -0.1) is 0 Å². The third-order valence-electron chi connectivity index (χ3n) is 3.48. The Morgan fingerprint density at radius 3 is 2.79 bits per heavy atom. The lowest BCUT2D eigenvalue weighted by atomic mass is 10.2. The lowest BCUT2D eigenvalue weighted by molar-refractivity contribution is 0.0946. The van der Waals surface area contributed by atoms with E-state index in [1.807, 2.05) is 6.07 Å². The summed E-state index contributed by atoms with van der Waals surface area (Å²) in [5.74, 6) is -1.56. The quantitative estimate of drug-likeness (QED) is 0.569. The van der Waals surface area contributed by atoms with Crippen LogP contribution in [0.4, 0.5) is 4.39 Å². The van der Waals surface area contributed by atoms with Gasteiger partial charge in [-0.25, -0.2) is 14.4 Å². The van der Waals surface area contributed by atoms with Gasteiger partial charge in [0.25, 0.3) is 5.91 Å². The summed E-state index contributed by atoms with van der Waals surface area (Å²) in [6.45, 7) is -0.165. The topological polar surface area (TPSA) is 104 Å². The van der Waals surface area contributed by atoms with Crippen LogP contribution in [0.25, 0.3) is 0 Å². The molecule has 3 aromatic rings. The number of rotatable bonds is 5. The third kappa shape index (κ3) is 4.34. The van der Waals surface area contributed by atoms with E-state index >= 15 is 0 Å². The highest BCUT2D eigenvalue weighted by Crippen LogP contribution is 2.34. The van der Waals surface area contributed by atoms with Crippen LogP contribution < -0.4 is 10.1 Å². The minimum Gasteiger partial charge on any atom is -0.452 e. The van der Waals surface area contributed by atoms with Gasteiger partial charge >= 0.3 is 0 Å². The number of amides is 1. The Balaban J connectivity index is 1.82. The molecule has 2 heterocycles. The molecule has 0 bridgehead atoms. The highest BCUT2D eigenvalue weighted by Gasteiger charge is 2.18. The Morgan fingerprint density at radius 1 is 1.32 bits per heavy atom. The Hall–Kier alpha value is -2.86. The van der Waals surface area contributed by atoms with E-state index in [4.69, 9.17) is 44.8 Å². The number of aromatic amines is 1. The molecule has 7 nitrogen and oxygen atoms in total. The molecular formula is C17H9Cl3FN5O2. The Morgan fingerprint density at radius 2 is 2.11 bits per heavy atom. The fourth-order valence-electron chi connectivity index (χ4n) is 2.21. The molecule has 2 N–H and O–H groups in total. The van der Waals surface area contributed by atoms with Gasteiger partial charge < -0.3 is 15.0 Å². The highest BCUT2D eigenvalue weighted by molar-refractivity contribution is 6.32. The molecule has 11 heteroatoms. The number of hydrogen-bond acceptors (Lipinski definition) is 5. The van der Waals surface area contributed by atoms with Crippen molar-refractivity contribution in [3.63, 3.8) is 0 Å². The van der Waals surface area contributed by atoms with Gasteiger partial charge in [0.2, 0.25) is 0 Å². The number of imidazole rings is 1. The molecule has 0 saturated heterocycles. The van der Waals surface area contributed by atoms with E-state index in [-0.39, 0.29) is 50.3 Å². The smallest absolute Gasteiger partial charge is 0.273 e. The number of pyridine rings is 1. The minimum absolute atomic E-state index is 0.00155. The number of ether oxygens (including phenoxy) is 1. The molecule has 1 aromatic carbocycles. The van der Waals surface area contributed by atoms with Gasteiger partial charge in [-0.3, -0.25) is 4.79 Å². The van der Waals surface area contributed by atoms with Crippen LogP contribution >= 0.6 is 34.8 Å². The van der Waals surface area contributed by atoms with Crippen molar-refractivity contribution < 1.29 is 13.9 Å². The van der Waals surface area contributed by atoms with Gasteiger partial charge in [-0.1, -0.05) is 40.9 Å². The number of carbonyl (C=O) groups excluding carboxylic acids is 1. The maximum absolute atomic E-state index is 14.9.